The van der Waals surface area contributed by atoms with E-state index in [2.05, 4.69) is 6.07 Å². The van der Waals surface area contributed by atoms with E-state index in [1.165, 1.54) is 0 Å². The van der Waals surface area contributed by atoms with Gasteiger partial charge in [0.05, 0.1) is 11.2 Å². The second-order valence-corrected chi connectivity index (χ2v) is 18.4. The van der Waals surface area contributed by atoms with Gasteiger partial charge < -0.3 is 18.4 Å². The molecule has 0 saturated carbocycles. The van der Waals surface area contributed by atoms with E-state index in [4.69, 9.17) is 9.31 Å². The number of hydrogen-bond acceptors (Lipinski definition) is 4. The largest absolute Gasteiger partial charge is 0.495 e. The number of benzene rings is 5. The van der Waals surface area contributed by atoms with Crippen molar-refractivity contribution in [1.29, 1.82) is 0 Å². The van der Waals surface area contributed by atoms with E-state index in [9.17, 15) is 0 Å². The summed E-state index contributed by atoms with van der Waals surface area (Å²) < 4.78 is 43.4. The second-order valence-electron chi connectivity index (χ2n) is 12.8. The van der Waals surface area contributed by atoms with E-state index in [1.54, 1.807) is 0 Å². The normalized spacial score (nSPS) is 16.0. The third-order valence-electron chi connectivity index (χ3n) is 9.21. The molecule has 228 valence electrons. The smallest absolute Gasteiger partial charge is 0.399 e. The molecule has 5 aromatic rings. The highest BCUT2D eigenvalue weighted by Crippen LogP contribution is 2.49. The summed E-state index contributed by atoms with van der Waals surface area (Å²) in [5.41, 5.74) is 1.56. The fraction of sp³-hybridized carbons (Fsp3) is 0.211. The average Bonchev–Trinajstić information content (AvgIpc) is 3.28. The van der Waals surface area contributed by atoms with Crippen LogP contribution in [0.2, 0.25) is 0 Å². The van der Waals surface area contributed by atoms with Gasteiger partial charge in [-0.15, -0.1) is 0 Å². The zero-order valence-corrected chi connectivity index (χ0v) is 28.1. The predicted octanol–water partition coefficient (Wildman–Crippen LogP) is 7.01. The topological polar surface area (TPSA) is 52.6 Å². The molecule has 1 aliphatic rings. The third kappa shape index (κ3) is 6.20. The summed E-state index contributed by atoms with van der Waals surface area (Å²) in [6.45, 7) is 8.15. The van der Waals surface area contributed by atoms with Crippen LogP contribution in [0, 0.1) is 0 Å². The predicted molar refractivity (Wildman–Crippen MR) is 189 cm³/mol. The molecule has 45 heavy (non-hydrogen) atoms. The molecular formula is C38H39BO4P2. The van der Waals surface area contributed by atoms with Crippen LogP contribution in [0.15, 0.2) is 140 Å². The van der Waals surface area contributed by atoms with Gasteiger partial charge in [-0.1, -0.05) is 140 Å². The summed E-state index contributed by atoms with van der Waals surface area (Å²) in [5.74, 6) is 0. The van der Waals surface area contributed by atoms with Gasteiger partial charge in [-0.3, -0.25) is 0 Å². The Balaban J connectivity index is 1.50. The lowest BCUT2D eigenvalue weighted by Gasteiger charge is -2.32. The van der Waals surface area contributed by atoms with Crippen LogP contribution in [0.3, 0.4) is 0 Å². The minimum Gasteiger partial charge on any atom is -0.399 e. The molecule has 1 saturated heterocycles. The van der Waals surface area contributed by atoms with Crippen molar-refractivity contribution < 1.29 is 18.4 Å². The van der Waals surface area contributed by atoms with Gasteiger partial charge in [-0.25, -0.2) is 0 Å². The Morgan fingerprint density at radius 2 is 0.867 bits per heavy atom. The minimum atomic E-state index is -3.14. The Morgan fingerprint density at radius 3 is 1.24 bits per heavy atom. The summed E-state index contributed by atoms with van der Waals surface area (Å²) in [4.78, 5) is 0. The maximum absolute atomic E-state index is 15.3. The molecule has 0 radical (unpaired) electrons. The van der Waals surface area contributed by atoms with E-state index in [0.717, 1.165) is 37.8 Å². The summed E-state index contributed by atoms with van der Waals surface area (Å²) in [7, 11) is -6.82. The second kappa shape index (κ2) is 12.4. The van der Waals surface area contributed by atoms with E-state index in [0.29, 0.717) is 6.16 Å². The Kier molecular flexibility index (Phi) is 8.68. The molecular weight excluding hydrogens is 593 g/mol. The van der Waals surface area contributed by atoms with Crippen molar-refractivity contribution in [2.75, 3.05) is 0 Å². The average molecular weight is 632 g/mol. The lowest BCUT2D eigenvalue weighted by atomic mass is 9.76. The quantitative estimate of drug-likeness (QED) is 0.130. The third-order valence-corrected chi connectivity index (χ3v) is 15.3. The number of hydrogen-bond donors (Lipinski definition) is 0. The lowest BCUT2D eigenvalue weighted by molar-refractivity contribution is 0.00578. The summed E-state index contributed by atoms with van der Waals surface area (Å²) in [6, 6.07) is 45.0. The molecule has 1 heterocycles. The highest BCUT2D eigenvalue weighted by atomic mass is 31.2. The van der Waals surface area contributed by atoms with Crippen molar-refractivity contribution in [3.8, 4) is 0 Å². The van der Waals surface area contributed by atoms with Crippen LogP contribution in [-0.2, 0) is 30.8 Å². The van der Waals surface area contributed by atoms with Gasteiger partial charge >= 0.3 is 7.12 Å². The fourth-order valence-corrected chi connectivity index (χ4v) is 11.3. The zero-order valence-electron chi connectivity index (χ0n) is 26.3. The van der Waals surface area contributed by atoms with Crippen LogP contribution in [0.5, 0.6) is 0 Å². The first-order valence-electron chi connectivity index (χ1n) is 15.4. The highest BCUT2D eigenvalue weighted by molar-refractivity contribution is 7.78. The highest BCUT2D eigenvalue weighted by Gasteiger charge is 2.52. The Labute approximate surface area is 267 Å². The van der Waals surface area contributed by atoms with Crippen molar-refractivity contribution in [2.24, 2.45) is 0 Å². The summed E-state index contributed by atoms with van der Waals surface area (Å²) >= 11 is 0. The number of rotatable bonds is 9. The van der Waals surface area contributed by atoms with Crippen LogP contribution in [0.25, 0.3) is 0 Å². The molecule has 0 spiro atoms. The Bertz CT molecular complexity index is 1760. The van der Waals surface area contributed by atoms with Crippen molar-refractivity contribution in [2.45, 2.75) is 51.2 Å². The maximum atomic E-state index is 15.3. The van der Waals surface area contributed by atoms with Gasteiger partial charge in [0.2, 0.25) is 0 Å². The first-order chi connectivity index (χ1) is 21.5. The molecule has 5 aromatic carbocycles. The van der Waals surface area contributed by atoms with Gasteiger partial charge in [-0.05, 0) is 44.3 Å². The minimum absolute atomic E-state index is 0.273. The molecule has 1 aliphatic heterocycles. The molecule has 0 aliphatic carbocycles. The van der Waals surface area contributed by atoms with Gasteiger partial charge in [0.1, 0.15) is 14.3 Å². The molecule has 0 bridgehead atoms. The molecule has 4 nitrogen and oxygen atoms in total. The lowest BCUT2D eigenvalue weighted by Crippen LogP contribution is -2.41. The van der Waals surface area contributed by atoms with Crippen molar-refractivity contribution in [3.05, 3.63) is 151 Å². The molecule has 0 amide bonds. The molecule has 6 rings (SSSR count). The Morgan fingerprint density at radius 1 is 0.511 bits per heavy atom. The SMILES string of the molecule is CC1(C)OB(c2ccc(CP(=O)(c3ccccc3)c3ccccc3)cc2CP(=O)(c2ccccc2)c2ccccc2)OC1(C)C. The monoisotopic (exact) mass is 632 g/mol. The summed E-state index contributed by atoms with van der Waals surface area (Å²) in [5, 5.41) is 3.21. The van der Waals surface area contributed by atoms with Gasteiger partial charge in [0.25, 0.3) is 0 Å². The van der Waals surface area contributed by atoms with Crippen LogP contribution < -0.4 is 26.7 Å². The van der Waals surface area contributed by atoms with E-state index in [-0.39, 0.29) is 6.16 Å². The molecule has 0 unspecified atom stereocenters. The molecule has 0 atom stereocenters. The van der Waals surface area contributed by atoms with Gasteiger partial charge in [0, 0.05) is 33.5 Å². The van der Waals surface area contributed by atoms with Crippen molar-refractivity contribution in [3.63, 3.8) is 0 Å². The van der Waals surface area contributed by atoms with Gasteiger partial charge in [-0.2, -0.15) is 0 Å². The summed E-state index contributed by atoms with van der Waals surface area (Å²) in [6.07, 6.45) is 0.605. The van der Waals surface area contributed by atoms with E-state index >= 15 is 9.13 Å². The Hall–Kier alpha value is -3.46. The van der Waals surface area contributed by atoms with Gasteiger partial charge in [0.15, 0.2) is 0 Å². The standard InChI is InChI=1S/C38H39BO4P2/c1-37(2)38(3,4)43-39(42-37)36-26-25-30(28-44(40,32-17-9-5-10-18-32)33-19-11-6-12-20-33)27-31(36)29-45(41,34-21-13-7-14-22-34)35-23-15-8-16-24-35/h5-27H,28-29H2,1-4H3. The molecule has 0 N–H and O–H groups in total. The fourth-order valence-electron chi connectivity index (χ4n) is 5.93. The molecule has 0 aromatic heterocycles. The molecule has 7 heteroatoms. The van der Waals surface area contributed by atoms with Crippen molar-refractivity contribution >= 4 is 48.1 Å². The molecule has 1 fully saturated rings. The van der Waals surface area contributed by atoms with E-state index in [1.807, 2.05) is 161 Å². The van der Waals surface area contributed by atoms with Crippen LogP contribution in [0.1, 0.15) is 38.8 Å². The zero-order chi connectivity index (χ0) is 31.7. The van der Waals surface area contributed by atoms with Crippen LogP contribution in [-0.4, -0.2) is 18.3 Å². The first-order valence-corrected chi connectivity index (χ1v) is 19.2. The van der Waals surface area contributed by atoms with Crippen molar-refractivity contribution in [1.82, 2.24) is 0 Å². The first kappa shape index (κ1) is 31.5. The maximum Gasteiger partial charge on any atom is 0.495 e. The van der Waals surface area contributed by atoms with E-state index < -0.39 is 32.6 Å². The van der Waals surface area contributed by atoms with Crippen LogP contribution >= 0.6 is 14.3 Å². The van der Waals surface area contributed by atoms with Crippen LogP contribution in [0.4, 0.5) is 0 Å².